The van der Waals surface area contributed by atoms with Crippen molar-refractivity contribution < 1.29 is 19.1 Å². The molecule has 196 valence electrons. The highest BCUT2D eigenvalue weighted by molar-refractivity contribution is 7.10. The average Bonchev–Trinajstić information content (AvgIpc) is 3.40. The first kappa shape index (κ1) is 27.3. The van der Waals surface area contributed by atoms with Crippen LogP contribution in [0.2, 0.25) is 5.02 Å². The minimum atomic E-state index is -0.200. The first-order valence-electron chi connectivity index (χ1n) is 12.6. The molecular formula is C29H33ClN2O4S. The molecule has 3 aromatic rings. The maximum atomic E-state index is 13.7. The van der Waals surface area contributed by atoms with Crippen molar-refractivity contribution in [2.75, 3.05) is 39.5 Å². The zero-order chi connectivity index (χ0) is 26.0. The first-order chi connectivity index (χ1) is 18.1. The normalized spacial score (nSPS) is 14.9. The van der Waals surface area contributed by atoms with Crippen LogP contribution in [-0.4, -0.2) is 61.1 Å². The van der Waals surface area contributed by atoms with Crippen LogP contribution in [0.4, 0.5) is 0 Å². The molecule has 0 saturated heterocycles. The van der Waals surface area contributed by atoms with Gasteiger partial charge in [0.2, 0.25) is 11.8 Å². The lowest BCUT2D eigenvalue weighted by Gasteiger charge is -2.37. The third-order valence-corrected chi connectivity index (χ3v) is 7.66. The van der Waals surface area contributed by atoms with Crippen LogP contribution in [0.1, 0.15) is 41.0 Å². The number of hydrogen-bond acceptors (Lipinski definition) is 5. The molecule has 0 N–H and O–H groups in total. The Morgan fingerprint density at radius 3 is 2.62 bits per heavy atom. The summed E-state index contributed by atoms with van der Waals surface area (Å²) in [6.45, 7) is 4.40. The molecule has 1 aliphatic rings. The van der Waals surface area contributed by atoms with Crippen molar-refractivity contribution >= 4 is 34.8 Å². The Kier molecular flexibility index (Phi) is 10.1. The van der Waals surface area contributed by atoms with Crippen LogP contribution in [0.3, 0.4) is 0 Å². The number of halogens is 1. The van der Waals surface area contributed by atoms with Gasteiger partial charge in [-0.05, 0) is 60.0 Å². The monoisotopic (exact) mass is 540 g/mol. The van der Waals surface area contributed by atoms with Gasteiger partial charge in [0.15, 0.2) is 0 Å². The number of hydrogen-bond donors (Lipinski definition) is 0. The van der Waals surface area contributed by atoms with Crippen molar-refractivity contribution in [2.45, 2.75) is 32.4 Å². The number of benzene rings is 2. The lowest BCUT2D eigenvalue weighted by atomic mass is 9.93. The van der Waals surface area contributed by atoms with Crippen molar-refractivity contribution in [1.29, 1.82) is 0 Å². The Balaban J connectivity index is 1.46. The lowest BCUT2D eigenvalue weighted by molar-refractivity contribution is -0.144. The van der Waals surface area contributed by atoms with E-state index in [1.54, 1.807) is 16.2 Å². The number of amides is 2. The second-order valence-electron chi connectivity index (χ2n) is 8.93. The molecule has 0 bridgehead atoms. The standard InChI is InChI=1S/C29H33ClN2O4S/c1-2-35-17-6-15-31(28(34)21-36-20-22-7-4-3-5-8-22)19-27(33)32-16-13-26-25(14-18-37-26)29(32)23-9-11-24(30)12-10-23/h3-5,7-12,14,18,29H,2,6,13,15-17,19-21H2,1H3/t29-/m1/s1. The maximum absolute atomic E-state index is 13.7. The SMILES string of the molecule is CCOCCCN(CC(=O)N1CCc2sccc2[C@H]1c1ccc(Cl)cc1)C(=O)COCc1ccccc1. The van der Waals surface area contributed by atoms with Crippen LogP contribution in [0.5, 0.6) is 0 Å². The molecule has 8 heteroatoms. The molecule has 1 atom stereocenters. The van der Waals surface area contributed by atoms with Crippen LogP contribution in [0.25, 0.3) is 0 Å². The highest BCUT2D eigenvalue weighted by atomic mass is 35.5. The number of thiophene rings is 1. The Bertz CT molecular complexity index is 1150. The predicted octanol–water partition coefficient (Wildman–Crippen LogP) is 5.35. The van der Waals surface area contributed by atoms with E-state index in [9.17, 15) is 9.59 Å². The molecule has 6 nitrogen and oxygen atoms in total. The van der Waals surface area contributed by atoms with E-state index in [0.29, 0.717) is 44.4 Å². The molecule has 1 aromatic heterocycles. The first-order valence-corrected chi connectivity index (χ1v) is 13.9. The van der Waals surface area contributed by atoms with Gasteiger partial charge in [-0.3, -0.25) is 9.59 Å². The van der Waals surface area contributed by atoms with Gasteiger partial charge in [0.05, 0.1) is 19.2 Å². The second kappa shape index (κ2) is 13.7. The Morgan fingerprint density at radius 1 is 1.08 bits per heavy atom. The quantitative estimate of drug-likeness (QED) is 0.291. The highest BCUT2D eigenvalue weighted by Crippen LogP contribution is 2.38. The second-order valence-corrected chi connectivity index (χ2v) is 10.4. The van der Waals surface area contributed by atoms with E-state index in [1.807, 2.05) is 66.4 Å². The summed E-state index contributed by atoms with van der Waals surface area (Å²) in [6, 6.07) is 19.3. The Labute approximate surface area is 227 Å². The van der Waals surface area contributed by atoms with Gasteiger partial charge >= 0.3 is 0 Å². The van der Waals surface area contributed by atoms with Crippen LogP contribution in [0, 0.1) is 0 Å². The van der Waals surface area contributed by atoms with Gasteiger partial charge in [-0.25, -0.2) is 0 Å². The lowest BCUT2D eigenvalue weighted by Crippen LogP contribution is -2.47. The van der Waals surface area contributed by atoms with Gasteiger partial charge in [-0.1, -0.05) is 54.1 Å². The third-order valence-electron chi connectivity index (χ3n) is 6.41. The molecular weight excluding hydrogens is 508 g/mol. The molecule has 2 amide bonds. The minimum absolute atomic E-state index is 0.00319. The molecule has 0 saturated carbocycles. The van der Waals surface area contributed by atoms with Crippen LogP contribution >= 0.6 is 22.9 Å². The molecule has 0 unspecified atom stereocenters. The molecule has 0 fully saturated rings. The highest BCUT2D eigenvalue weighted by Gasteiger charge is 2.34. The Hall–Kier alpha value is -2.71. The zero-order valence-electron chi connectivity index (χ0n) is 21.1. The molecule has 37 heavy (non-hydrogen) atoms. The van der Waals surface area contributed by atoms with Gasteiger partial charge in [0, 0.05) is 36.2 Å². The third kappa shape index (κ3) is 7.42. The van der Waals surface area contributed by atoms with Gasteiger partial charge in [0.25, 0.3) is 0 Å². The summed E-state index contributed by atoms with van der Waals surface area (Å²) in [5.41, 5.74) is 3.16. The number of ether oxygens (including phenoxy) is 2. The maximum Gasteiger partial charge on any atom is 0.249 e. The molecule has 1 aliphatic heterocycles. The number of fused-ring (bicyclic) bond motifs is 1. The van der Waals surface area contributed by atoms with Crippen molar-refractivity contribution in [3.63, 3.8) is 0 Å². The summed E-state index contributed by atoms with van der Waals surface area (Å²) >= 11 is 7.86. The van der Waals surface area contributed by atoms with Crippen molar-refractivity contribution in [3.05, 3.63) is 92.6 Å². The van der Waals surface area contributed by atoms with Crippen LogP contribution < -0.4 is 0 Å². The van der Waals surface area contributed by atoms with E-state index in [0.717, 1.165) is 23.1 Å². The predicted molar refractivity (Wildman–Crippen MR) is 147 cm³/mol. The van der Waals surface area contributed by atoms with E-state index < -0.39 is 0 Å². The van der Waals surface area contributed by atoms with E-state index in [2.05, 4.69) is 11.4 Å². The van der Waals surface area contributed by atoms with E-state index >= 15 is 0 Å². The number of carbonyl (C=O) groups excluding carboxylic acids is 2. The summed E-state index contributed by atoms with van der Waals surface area (Å²) < 4.78 is 11.2. The van der Waals surface area contributed by atoms with Crippen molar-refractivity contribution in [3.8, 4) is 0 Å². The molecule has 4 rings (SSSR count). The largest absolute Gasteiger partial charge is 0.382 e. The Morgan fingerprint density at radius 2 is 1.86 bits per heavy atom. The fraction of sp³-hybridized carbons (Fsp3) is 0.379. The molecule has 0 aliphatic carbocycles. The van der Waals surface area contributed by atoms with Crippen molar-refractivity contribution in [1.82, 2.24) is 9.80 Å². The molecule has 2 heterocycles. The fourth-order valence-electron chi connectivity index (χ4n) is 4.56. The topological polar surface area (TPSA) is 59.1 Å². The van der Waals surface area contributed by atoms with E-state index in [4.69, 9.17) is 21.1 Å². The molecule has 2 aromatic carbocycles. The average molecular weight is 541 g/mol. The smallest absolute Gasteiger partial charge is 0.249 e. The summed E-state index contributed by atoms with van der Waals surface area (Å²) in [4.78, 5) is 31.6. The molecule has 0 spiro atoms. The fourth-order valence-corrected chi connectivity index (χ4v) is 5.59. The number of carbonyl (C=O) groups is 2. The summed E-state index contributed by atoms with van der Waals surface area (Å²) in [7, 11) is 0. The number of nitrogens with zero attached hydrogens (tertiary/aromatic N) is 2. The number of rotatable bonds is 12. The van der Waals surface area contributed by atoms with Crippen LogP contribution in [0.15, 0.2) is 66.0 Å². The van der Waals surface area contributed by atoms with E-state index in [1.165, 1.54) is 4.88 Å². The van der Waals surface area contributed by atoms with E-state index in [-0.39, 0.29) is 31.0 Å². The van der Waals surface area contributed by atoms with Gasteiger partial charge in [0.1, 0.15) is 6.61 Å². The van der Waals surface area contributed by atoms with Gasteiger partial charge in [-0.2, -0.15) is 0 Å². The summed E-state index contributed by atoms with van der Waals surface area (Å²) in [5, 5.41) is 2.74. The van der Waals surface area contributed by atoms with Crippen molar-refractivity contribution in [2.24, 2.45) is 0 Å². The summed E-state index contributed by atoms with van der Waals surface area (Å²) in [6.07, 6.45) is 1.46. The van der Waals surface area contributed by atoms with Gasteiger partial charge < -0.3 is 19.3 Å². The minimum Gasteiger partial charge on any atom is -0.382 e. The summed E-state index contributed by atoms with van der Waals surface area (Å²) in [5.74, 6) is -0.276. The van der Waals surface area contributed by atoms with Gasteiger partial charge in [-0.15, -0.1) is 11.3 Å². The van der Waals surface area contributed by atoms with Crippen LogP contribution in [-0.2, 0) is 32.1 Å². The molecule has 0 radical (unpaired) electrons. The zero-order valence-corrected chi connectivity index (χ0v) is 22.7.